The van der Waals surface area contributed by atoms with Crippen LogP contribution in [-0.4, -0.2) is 18.3 Å². The molecule has 2 aliphatic heterocycles. The predicted molar refractivity (Wildman–Crippen MR) is 158 cm³/mol. The highest BCUT2D eigenvalue weighted by atomic mass is 35.5. The molecule has 2 aliphatic carbocycles. The molecule has 3 atom stereocenters. The molecular weight excluding hydrogens is 530 g/mol. The molecule has 2 aromatic carbocycles. The fraction of sp³-hybridized carbons (Fsp3) is 0.438. The summed E-state index contributed by atoms with van der Waals surface area (Å²) in [5.74, 6) is 1.19. The van der Waals surface area contributed by atoms with E-state index in [9.17, 15) is 0 Å². The molecule has 0 spiro atoms. The highest BCUT2D eigenvalue weighted by Gasteiger charge is 2.52. The number of thiophene rings is 1. The van der Waals surface area contributed by atoms with Crippen molar-refractivity contribution >= 4 is 47.2 Å². The Morgan fingerprint density at radius 3 is 2.41 bits per heavy atom. The molecule has 202 valence electrons. The van der Waals surface area contributed by atoms with Crippen molar-refractivity contribution in [1.82, 2.24) is 0 Å². The van der Waals surface area contributed by atoms with Crippen LogP contribution in [0.3, 0.4) is 0 Å². The van der Waals surface area contributed by atoms with Crippen LogP contribution < -0.4 is 10.2 Å². The lowest BCUT2D eigenvalue weighted by Crippen LogP contribution is -2.41. The Labute approximate surface area is 239 Å². The third-order valence-electron chi connectivity index (χ3n) is 9.44. The van der Waals surface area contributed by atoms with Crippen molar-refractivity contribution in [3.05, 3.63) is 79.7 Å². The smallest absolute Gasteiger partial charge is 0.484 e. The minimum absolute atomic E-state index is 0.136. The third kappa shape index (κ3) is 4.30. The summed E-state index contributed by atoms with van der Waals surface area (Å²) in [5, 5.41) is 0.348. The van der Waals surface area contributed by atoms with Gasteiger partial charge in [0.2, 0.25) is 0 Å². The highest BCUT2D eigenvalue weighted by molar-refractivity contribution is 7.12. The molecule has 7 rings (SSSR count). The molecule has 2 fully saturated rings. The zero-order chi connectivity index (χ0) is 27.3. The first-order valence-corrected chi connectivity index (χ1v) is 15.2. The van der Waals surface area contributed by atoms with Gasteiger partial charge in [-0.05, 0) is 105 Å². The Balaban J connectivity index is 1.36. The van der Waals surface area contributed by atoms with Gasteiger partial charge in [-0.2, -0.15) is 0 Å². The monoisotopic (exact) mass is 562 g/mol. The minimum atomic E-state index is -0.453. The quantitative estimate of drug-likeness (QED) is 0.300. The van der Waals surface area contributed by atoms with Crippen molar-refractivity contribution in [3.8, 4) is 5.75 Å². The van der Waals surface area contributed by atoms with Crippen molar-refractivity contribution in [2.45, 2.75) is 83.0 Å². The van der Waals surface area contributed by atoms with Gasteiger partial charge in [0.1, 0.15) is 17.7 Å². The zero-order valence-electron chi connectivity index (χ0n) is 23.0. The van der Waals surface area contributed by atoms with Gasteiger partial charge in [0.25, 0.3) is 0 Å². The summed E-state index contributed by atoms with van der Waals surface area (Å²) in [5.41, 5.74) is 3.92. The first-order chi connectivity index (χ1) is 18.5. The number of halogens is 2. The molecule has 4 aliphatic rings. The normalized spacial score (nSPS) is 26.7. The average Bonchev–Trinajstić information content (AvgIpc) is 3.60. The van der Waals surface area contributed by atoms with Crippen LogP contribution in [0.5, 0.6) is 5.75 Å². The second-order valence-corrected chi connectivity index (χ2v) is 14.2. The van der Waals surface area contributed by atoms with Crippen LogP contribution in [0.25, 0.3) is 11.6 Å². The lowest BCUT2D eigenvalue weighted by Gasteiger charge is -2.32. The number of hydrogen-bond acceptors (Lipinski definition) is 4. The molecule has 3 nitrogen and oxygen atoms in total. The van der Waals surface area contributed by atoms with Gasteiger partial charge in [-0.1, -0.05) is 42.8 Å². The molecule has 1 saturated heterocycles. The van der Waals surface area contributed by atoms with Gasteiger partial charge < -0.3 is 14.0 Å². The van der Waals surface area contributed by atoms with Crippen molar-refractivity contribution in [3.63, 3.8) is 0 Å². The molecule has 1 saturated carbocycles. The van der Waals surface area contributed by atoms with Crippen molar-refractivity contribution in [2.24, 2.45) is 5.92 Å². The van der Waals surface area contributed by atoms with Crippen LogP contribution in [0.15, 0.2) is 42.5 Å². The van der Waals surface area contributed by atoms with Crippen LogP contribution in [-0.2, 0) is 9.31 Å². The molecule has 2 bridgehead atoms. The van der Waals surface area contributed by atoms with E-state index in [1.807, 2.05) is 11.3 Å². The molecule has 39 heavy (non-hydrogen) atoms. The second-order valence-electron chi connectivity index (χ2n) is 12.6. The number of ether oxygens (including phenoxy) is 1. The summed E-state index contributed by atoms with van der Waals surface area (Å²) < 4.78 is 35.1. The van der Waals surface area contributed by atoms with E-state index in [2.05, 4.69) is 71.0 Å². The summed E-state index contributed by atoms with van der Waals surface area (Å²) in [7, 11) is -0.453. The molecule has 7 heteroatoms. The molecular formula is C32H33BClFO3S. The maximum Gasteiger partial charge on any atom is 0.494 e. The molecule has 0 amide bonds. The summed E-state index contributed by atoms with van der Waals surface area (Å²) in [6, 6.07) is 14.1. The fourth-order valence-electron chi connectivity index (χ4n) is 6.27. The Hall–Kier alpha value is -2.12. The highest BCUT2D eigenvalue weighted by Crippen LogP contribution is 2.54. The molecule has 1 aromatic heterocycles. The third-order valence-corrected chi connectivity index (χ3v) is 11.0. The Morgan fingerprint density at radius 1 is 0.974 bits per heavy atom. The second kappa shape index (κ2) is 8.94. The zero-order valence-corrected chi connectivity index (χ0v) is 24.6. The first kappa shape index (κ1) is 25.8. The van der Waals surface area contributed by atoms with Gasteiger partial charge in [-0.3, -0.25) is 0 Å². The number of benzene rings is 2. The lowest BCUT2D eigenvalue weighted by atomic mass is 9.75. The van der Waals surface area contributed by atoms with Crippen molar-refractivity contribution in [1.29, 1.82) is 0 Å². The summed E-state index contributed by atoms with van der Waals surface area (Å²) >= 11 is 8.19. The number of hydrogen-bond donors (Lipinski definition) is 0. The maximum atomic E-state index is 15.6. The predicted octanol–water partition coefficient (Wildman–Crippen LogP) is 8.51. The number of rotatable bonds is 3. The van der Waals surface area contributed by atoms with Crippen molar-refractivity contribution in [2.75, 3.05) is 0 Å². The molecule has 3 aromatic rings. The van der Waals surface area contributed by atoms with E-state index in [1.54, 1.807) is 6.07 Å². The van der Waals surface area contributed by atoms with Crippen LogP contribution in [0.1, 0.15) is 98.3 Å². The Kier molecular flexibility index (Phi) is 5.92. The van der Waals surface area contributed by atoms with Gasteiger partial charge in [0, 0.05) is 20.7 Å². The van der Waals surface area contributed by atoms with E-state index in [0.29, 0.717) is 28.7 Å². The molecule has 3 heterocycles. The number of allylic oxidation sites excluding steroid dienone is 1. The van der Waals surface area contributed by atoms with Gasteiger partial charge in [-0.25, -0.2) is 4.39 Å². The summed E-state index contributed by atoms with van der Waals surface area (Å²) in [4.78, 5) is 2.64. The average molecular weight is 563 g/mol. The molecule has 0 N–H and O–H groups in total. The lowest BCUT2D eigenvalue weighted by molar-refractivity contribution is 0.00578. The van der Waals surface area contributed by atoms with Gasteiger partial charge in [0.15, 0.2) is 0 Å². The van der Waals surface area contributed by atoms with E-state index in [1.165, 1.54) is 34.2 Å². The summed E-state index contributed by atoms with van der Waals surface area (Å²) in [6.45, 7) is 10.5. The fourth-order valence-corrected chi connectivity index (χ4v) is 7.75. The molecule has 0 radical (unpaired) electrons. The topological polar surface area (TPSA) is 27.7 Å². The van der Waals surface area contributed by atoms with E-state index in [-0.39, 0.29) is 23.8 Å². The van der Waals surface area contributed by atoms with Gasteiger partial charge in [0.05, 0.1) is 16.8 Å². The SMILES string of the molecule is CC1c2ccc(B3OC(C)(C)C(C)(C)O3)cc2C=C2CC1C(c1ccc(C3CC3)s1)Oc1cc(Cl)cc(F)c12. The van der Waals surface area contributed by atoms with E-state index in [4.69, 9.17) is 25.6 Å². The van der Waals surface area contributed by atoms with E-state index in [0.717, 1.165) is 16.6 Å². The van der Waals surface area contributed by atoms with E-state index >= 15 is 4.39 Å². The van der Waals surface area contributed by atoms with Crippen molar-refractivity contribution < 1.29 is 18.4 Å². The van der Waals surface area contributed by atoms with Crippen LogP contribution in [0.2, 0.25) is 5.02 Å². The van der Waals surface area contributed by atoms with Gasteiger partial charge >= 0.3 is 7.12 Å². The Morgan fingerprint density at radius 2 is 1.69 bits per heavy atom. The van der Waals surface area contributed by atoms with Gasteiger partial charge in [-0.15, -0.1) is 11.3 Å². The standard InChI is InChI=1S/C32H33BClFO3S/c1-17-23-9-8-21(33-37-31(2,3)32(4,5)38-33)13-19(23)12-20-14-24(17)30(28-11-10-27(39-28)18-6-7-18)36-26-16-22(34)15-25(35)29(20)26/h8-13,15-18,24,30H,6-7,14H2,1-5H3. The van der Waals surface area contributed by atoms with E-state index < -0.39 is 18.3 Å². The number of fused-ring (bicyclic) bond motifs is 5. The van der Waals surface area contributed by atoms with Crippen LogP contribution in [0.4, 0.5) is 4.39 Å². The van der Waals surface area contributed by atoms with Crippen LogP contribution in [0, 0.1) is 11.7 Å². The minimum Gasteiger partial charge on any atom is -0.484 e. The largest absolute Gasteiger partial charge is 0.494 e. The maximum absolute atomic E-state index is 15.6. The molecule has 3 unspecified atom stereocenters. The first-order valence-electron chi connectivity index (χ1n) is 14.0. The summed E-state index contributed by atoms with van der Waals surface area (Å²) in [6.07, 6.45) is 5.20. The Bertz CT molecular complexity index is 1490. The van der Waals surface area contributed by atoms with Crippen LogP contribution >= 0.6 is 22.9 Å².